The molecule has 1 unspecified atom stereocenters. The first-order valence-corrected chi connectivity index (χ1v) is 6.56. The van der Waals surface area contributed by atoms with E-state index >= 15 is 0 Å². The number of methoxy groups -OCH3 is 1. The molecule has 1 aromatic heterocycles. The summed E-state index contributed by atoms with van der Waals surface area (Å²) < 4.78 is 5.21. The number of nitrogens with two attached hydrogens (primary N) is 1. The standard InChI is InChI=1S/C14H14Cl2N2O/c1-19-14-11(3-2-6-18-14)13(17)8-9-7-10(15)4-5-12(9)16/h2-7,13H,8,17H2,1H3. The predicted molar refractivity (Wildman–Crippen MR) is 77.9 cm³/mol. The zero-order chi connectivity index (χ0) is 13.8. The maximum absolute atomic E-state index is 6.20. The van der Waals surface area contributed by atoms with Gasteiger partial charge in [-0.05, 0) is 36.2 Å². The molecule has 0 aliphatic heterocycles. The van der Waals surface area contributed by atoms with E-state index in [0.717, 1.165) is 11.1 Å². The molecule has 1 aromatic carbocycles. The summed E-state index contributed by atoms with van der Waals surface area (Å²) in [6, 6.07) is 8.83. The summed E-state index contributed by atoms with van der Waals surface area (Å²) in [6.07, 6.45) is 2.24. The molecule has 1 heterocycles. The molecule has 0 saturated heterocycles. The van der Waals surface area contributed by atoms with Gasteiger partial charge in [0.25, 0.3) is 0 Å². The van der Waals surface area contributed by atoms with Gasteiger partial charge < -0.3 is 10.5 Å². The van der Waals surface area contributed by atoms with Crippen LogP contribution in [0.2, 0.25) is 10.0 Å². The lowest BCUT2D eigenvalue weighted by Crippen LogP contribution is -2.15. The molecule has 2 N–H and O–H groups in total. The van der Waals surface area contributed by atoms with Crippen molar-refractivity contribution in [3.05, 3.63) is 57.7 Å². The lowest BCUT2D eigenvalue weighted by Gasteiger charge is -2.15. The number of pyridine rings is 1. The highest BCUT2D eigenvalue weighted by atomic mass is 35.5. The van der Waals surface area contributed by atoms with Gasteiger partial charge in [0.1, 0.15) is 0 Å². The zero-order valence-corrected chi connectivity index (χ0v) is 11.9. The zero-order valence-electron chi connectivity index (χ0n) is 10.4. The second kappa shape index (κ2) is 6.24. The van der Waals surface area contributed by atoms with E-state index in [-0.39, 0.29) is 6.04 Å². The van der Waals surface area contributed by atoms with E-state index in [2.05, 4.69) is 4.98 Å². The van der Waals surface area contributed by atoms with Gasteiger partial charge in [-0.25, -0.2) is 4.98 Å². The number of aromatic nitrogens is 1. The van der Waals surface area contributed by atoms with Crippen LogP contribution in [0.4, 0.5) is 0 Å². The summed E-state index contributed by atoms with van der Waals surface area (Å²) in [6.45, 7) is 0. The maximum Gasteiger partial charge on any atom is 0.217 e. The Morgan fingerprint density at radius 3 is 2.84 bits per heavy atom. The Labute approximate surface area is 122 Å². The van der Waals surface area contributed by atoms with E-state index in [1.165, 1.54) is 0 Å². The topological polar surface area (TPSA) is 48.1 Å². The second-order valence-electron chi connectivity index (χ2n) is 4.15. The molecule has 19 heavy (non-hydrogen) atoms. The van der Waals surface area contributed by atoms with Crippen molar-refractivity contribution in [3.63, 3.8) is 0 Å². The van der Waals surface area contributed by atoms with Crippen LogP contribution in [0.1, 0.15) is 17.2 Å². The van der Waals surface area contributed by atoms with Crippen molar-refractivity contribution in [2.24, 2.45) is 5.73 Å². The highest BCUT2D eigenvalue weighted by Crippen LogP contribution is 2.28. The number of hydrogen-bond acceptors (Lipinski definition) is 3. The third-order valence-corrected chi connectivity index (χ3v) is 3.44. The highest BCUT2D eigenvalue weighted by molar-refractivity contribution is 6.33. The van der Waals surface area contributed by atoms with E-state index in [1.807, 2.05) is 18.2 Å². The molecule has 0 aliphatic carbocycles. The minimum atomic E-state index is -0.250. The van der Waals surface area contributed by atoms with Gasteiger partial charge in [-0.15, -0.1) is 0 Å². The Morgan fingerprint density at radius 1 is 1.32 bits per heavy atom. The molecule has 5 heteroatoms. The van der Waals surface area contributed by atoms with Crippen LogP contribution in [0.15, 0.2) is 36.5 Å². The Kier molecular flexibility index (Phi) is 4.64. The second-order valence-corrected chi connectivity index (χ2v) is 4.99. The lowest BCUT2D eigenvalue weighted by atomic mass is 10.0. The Bertz CT molecular complexity index is 575. The van der Waals surface area contributed by atoms with Crippen LogP contribution in [0, 0.1) is 0 Å². The first-order valence-electron chi connectivity index (χ1n) is 5.80. The fraction of sp³-hybridized carbons (Fsp3) is 0.214. The van der Waals surface area contributed by atoms with Crippen molar-refractivity contribution >= 4 is 23.2 Å². The van der Waals surface area contributed by atoms with Gasteiger partial charge in [0, 0.05) is 27.8 Å². The molecule has 2 rings (SSSR count). The Balaban J connectivity index is 2.25. The normalized spacial score (nSPS) is 12.2. The SMILES string of the molecule is COc1ncccc1C(N)Cc1cc(Cl)ccc1Cl. The molecular formula is C14H14Cl2N2O. The van der Waals surface area contributed by atoms with Gasteiger partial charge >= 0.3 is 0 Å². The molecule has 100 valence electrons. The van der Waals surface area contributed by atoms with Crippen LogP contribution in [-0.2, 0) is 6.42 Å². The molecule has 0 amide bonds. The molecule has 0 fully saturated rings. The lowest BCUT2D eigenvalue weighted by molar-refractivity contribution is 0.388. The summed E-state index contributed by atoms with van der Waals surface area (Å²) in [4.78, 5) is 4.14. The first-order chi connectivity index (χ1) is 9.11. The molecule has 0 bridgehead atoms. The van der Waals surface area contributed by atoms with Crippen LogP contribution in [-0.4, -0.2) is 12.1 Å². The van der Waals surface area contributed by atoms with E-state index in [9.17, 15) is 0 Å². The van der Waals surface area contributed by atoms with Crippen LogP contribution in [0.25, 0.3) is 0 Å². The predicted octanol–water partition coefficient (Wildman–Crippen LogP) is 3.64. The number of benzene rings is 1. The fourth-order valence-electron chi connectivity index (χ4n) is 1.90. The van der Waals surface area contributed by atoms with Crippen LogP contribution < -0.4 is 10.5 Å². The summed E-state index contributed by atoms with van der Waals surface area (Å²) in [5.74, 6) is 0.535. The van der Waals surface area contributed by atoms with Gasteiger partial charge in [-0.2, -0.15) is 0 Å². The quantitative estimate of drug-likeness (QED) is 0.937. The van der Waals surface area contributed by atoms with E-state index in [4.69, 9.17) is 33.7 Å². The third-order valence-electron chi connectivity index (χ3n) is 2.84. The average molecular weight is 297 g/mol. The molecule has 3 nitrogen and oxygen atoms in total. The Morgan fingerprint density at radius 2 is 2.11 bits per heavy atom. The summed E-state index contributed by atoms with van der Waals surface area (Å²) >= 11 is 12.1. The smallest absolute Gasteiger partial charge is 0.217 e. The van der Waals surface area contributed by atoms with Gasteiger partial charge in [0.05, 0.1) is 7.11 Å². The van der Waals surface area contributed by atoms with Crippen LogP contribution >= 0.6 is 23.2 Å². The van der Waals surface area contributed by atoms with Crippen molar-refractivity contribution in [3.8, 4) is 5.88 Å². The summed E-state index contributed by atoms with van der Waals surface area (Å²) in [7, 11) is 1.57. The van der Waals surface area contributed by atoms with Crippen molar-refractivity contribution in [1.82, 2.24) is 4.98 Å². The molecule has 0 saturated carbocycles. The van der Waals surface area contributed by atoms with E-state index in [0.29, 0.717) is 22.3 Å². The van der Waals surface area contributed by atoms with Gasteiger partial charge in [0.15, 0.2) is 0 Å². The van der Waals surface area contributed by atoms with Gasteiger partial charge in [-0.1, -0.05) is 29.3 Å². The first kappa shape index (κ1) is 14.1. The largest absolute Gasteiger partial charge is 0.481 e. The minimum absolute atomic E-state index is 0.250. The summed E-state index contributed by atoms with van der Waals surface area (Å²) in [5.41, 5.74) is 7.96. The number of halogens is 2. The molecule has 0 spiro atoms. The molecular weight excluding hydrogens is 283 g/mol. The molecule has 0 radical (unpaired) electrons. The molecule has 2 aromatic rings. The average Bonchev–Trinajstić information content (AvgIpc) is 2.42. The van der Waals surface area contributed by atoms with Crippen LogP contribution in [0.5, 0.6) is 5.88 Å². The van der Waals surface area contributed by atoms with Crippen molar-refractivity contribution in [1.29, 1.82) is 0 Å². The number of ether oxygens (including phenoxy) is 1. The molecule has 1 atom stereocenters. The van der Waals surface area contributed by atoms with E-state index in [1.54, 1.807) is 25.4 Å². The van der Waals surface area contributed by atoms with Gasteiger partial charge in [-0.3, -0.25) is 0 Å². The highest BCUT2D eigenvalue weighted by Gasteiger charge is 2.14. The van der Waals surface area contributed by atoms with Crippen molar-refractivity contribution < 1.29 is 4.74 Å². The molecule has 0 aliphatic rings. The number of nitrogens with zero attached hydrogens (tertiary/aromatic N) is 1. The number of rotatable bonds is 4. The maximum atomic E-state index is 6.20. The van der Waals surface area contributed by atoms with Crippen LogP contribution in [0.3, 0.4) is 0 Å². The van der Waals surface area contributed by atoms with Gasteiger partial charge in [0.2, 0.25) is 5.88 Å². The van der Waals surface area contributed by atoms with E-state index < -0.39 is 0 Å². The minimum Gasteiger partial charge on any atom is -0.481 e. The van der Waals surface area contributed by atoms with Crippen molar-refractivity contribution in [2.45, 2.75) is 12.5 Å². The summed E-state index contributed by atoms with van der Waals surface area (Å²) in [5, 5.41) is 1.30. The third kappa shape index (κ3) is 3.38. The fourth-order valence-corrected chi connectivity index (χ4v) is 2.29. The van der Waals surface area contributed by atoms with Crippen molar-refractivity contribution in [2.75, 3.05) is 7.11 Å². The number of hydrogen-bond donors (Lipinski definition) is 1. The Hall–Kier alpha value is -1.29. The monoisotopic (exact) mass is 296 g/mol.